The number of amides is 1. The van der Waals surface area contributed by atoms with Crippen LogP contribution in [0.4, 0.5) is 0 Å². The molecule has 1 amide bonds. The van der Waals surface area contributed by atoms with Crippen LogP contribution >= 0.6 is 23.2 Å². The van der Waals surface area contributed by atoms with Gasteiger partial charge in [0, 0.05) is 17.9 Å². The predicted molar refractivity (Wildman–Crippen MR) is 95.1 cm³/mol. The molecule has 2 aliphatic rings. The molecule has 23 heavy (non-hydrogen) atoms. The van der Waals surface area contributed by atoms with Gasteiger partial charge in [-0.25, -0.2) is 0 Å². The topological polar surface area (TPSA) is 41.1 Å². The Bertz CT molecular complexity index is 609. The first-order valence-electron chi connectivity index (χ1n) is 8.28. The van der Waals surface area contributed by atoms with Gasteiger partial charge in [0.05, 0.1) is 10.0 Å². The predicted octanol–water partition coefficient (Wildman–Crippen LogP) is 3.78. The number of nitrogens with one attached hydrogen (secondary N) is 2. The van der Waals surface area contributed by atoms with Crippen molar-refractivity contribution < 1.29 is 4.79 Å². The van der Waals surface area contributed by atoms with Gasteiger partial charge in [-0.1, -0.05) is 43.1 Å². The average Bonchev–Trinajstić information content (AvgIpc) is 3.21. The molecule has 0 aromatic heterocycles. The molecule has 1 unspecified atom stereocenters. The van der Waals surface area contributed by atoms with Crippen LogP contribution in [0, 0.1) is 11.3 Å². The maximum absolute atomic E-state index is 12.5. The number of benzene rings is 1. The van der Waals surface area contributed by atoms with Crippen molar-refractivity contribution in [3.63, 3.8) is 0 Å². The van der Waals surface area contributed by atoms with Crippen molar-refractivity contribution in [1.29, 1.82) is 0 Å². The van der Waals surface area contributed by atoms with Crippen LogP contribution in [0.1, 0.15) is 38.7 Å². The van der Waals surface area contributed by atoms with Gasteiger partial charge >= 0.3 is 0 Å². The second kappa shape index (κ2) is 6.27. The molecule has 3 rings (SSSR count). The monoisotopic (exact) mass is 354 g/mol. The number of carbonyl (C=O) groups excluding carboxylic acids is 1. The third kappa shape index (κ3) is 3.52. The van der Waals surface area contributed by atoms with Crippen molar-refractivity contribution in [3.8, 4) is 0 Å². The van der Waals surface area contributed by atoms with Crippen LogP contribution in [0.25, 0.3) is 0 Å². The lowest BCUT2D eigenvalue weighted by atomic mass is 9.84. The van der Waals surface area contributed by atoms with E-state index in [-0.39, 0.29) is 22.7 Å². The molecule has 5 heteroatoms. The van der Waals surface area contributed by atoms with E-state index in [2.05, 4.69) is 24.5 Å². The van der Waals surface area contributed by atoms with Gasteiger partial charge in [-0.15, -0.1) is 0 Å². The summed E-state index contributed by atoms with van der Waals surface area (Å²) in [6.07, 6.45) is 3.30. The zero-order valence-corrected chi connectivity index (χ0v) is 15.2. The highest BCUT2D eigenvalue weighted by molar-refractivity contribution is 6.42. The highest BCUT2D eigenvalue weighted by Gasteiger charge is 2.57. The second-order valence-electron chi connectivity index (χ2n) is 7.60. The summed E-state index contributed by atoms with van der Waals surface area (Å²) in [4.78, 5) is 12.5. The zero-order valence-electron chi connectivity index (χ0n) is 13.7. The molecule has 1 aromatic carbocycles. The maximum Gasteiger partial charge on any atom is 0.223 e. The summed E-state index contributed by atoms with van der Waals surface area (Å²) in [5.74, 6) is 0.411. The van der Waals surface area contributed by atoms with Gasteiger partial charge in [-0.05, 0) is 55.5 Å². The Morgan fingerprint density at radius 2 is 2.00 bits per heavy atom. The van der Waals surface area contributed by atoms with Gasteiger partial charge in [-0.2, -0.15) is 0 Å². The van der Waals surface area contributed by atoms with E-state index >= 15 is 0 Å². The number of piperidine rings is 1. The van der Waals surface area contributed by atoms with Crippen LogP contribution in [-0.4, -0.2) is 25.5 Å². The highest BCUT2D eigenvalue weighted by Crippen LogP contribution is 2.58. The first kappa shape index (κ1) is 17.1. The molecule has 1 saturated carbocycles. The normalized spacial score (nSPS) is 22.9. The number of halogens is 2. The van der Waals surface area contributed by atoms with E-state index in [1.54, 1.807) is 0 Å². The van der Waals surface area contributed by atoms with Crippen LogP contribution in [0.5, 0.6) is 0 Å². The number of rotatable bonds is 4. The molecular formula is C18H24Cl2N2O. The van der Waals surface area contributed by atoms with Crippen LogP contribution in [0.3, 0.4) is 0 Å². The smallest absolute Gasteiger partial charge is 0.223 e. The maximum atomic E-state index is 12.5. The summed E-state index contributed by atoms with van der Waals surface area (Å²) < 4.78 is 0. The van der Waals surface area contributed by atoms with E-state index in [0.29, 0.717) is 16.6 Å². The molecule has 3 nitrogen and oxygen atoms in total. The van der Waals surface area contributed by atoms with Crippen molar-refractivity contribution in [2.45, 2.75) is 38.5 Å². The molecular weight excluding hydrogens is 331 g/mol. The second-order valence-corrected chi connectivity index (χ2v) is 8.41. The van der Waals surface area contributed by atoms with E-state index in [0.717, 1.165) is 37.9 Å². The minimum atomic E-state index is -0.180. The van der Waals surface area contributed by atoms with Gasteiger partial charge in [0.1, 0.15) is 0 Å². The summed E-state index contributed by atoms with van der Waals surface area (Å²) in [5.41, 5.74) is 1.18. The first-order chi connectivity index (χ1) is 10.8. The molecule has 2 N–H and O–H groups in total. The molecule has 0 bridgehead atoms. The van der Waals surface area contributed by atoms with Crippen molar-refractivity contribution in [1.82, 2.24) is 10.6 Å². The zero-order chi connectivity index (χ0) is 16.7. The summed E-state index contributed by atoms with van der Waals surface area (Å²) >= 11 is 12.1. The number of carbonyl (C=O) groups is 1. The van der Waals surface area contributed by atoms with Crippen molar-refractivity contribution >= 4 is 29.1 Å². The summed E-state index contributed by atoms with van der Waals surface area (Å²) in [6, 6.07) is 5.68. The molecule has 1 aliphatic heterocycles. The Balaban J connectivity index is 1.58. The third-order valence-corrected chi connectivity index (χ3v) is 6.25. The van der Waals surface area contributed by atoms with E-state index in [9.17, 15) is 4.79 Å². The van der Waals surface area contributed by atoms with E-state index in [1.807, 2.05) is 18.2 Å². The molecule has 2 fully saturated rings. The molecule has 1 atom stereocenters. The van der Waals surface area contributed by atoms with Gasteiger partial charge in [0.15, 0.2) is 0 Å². The molecule has 0 radical (unpaired) electrons. The summed E-state index contributed by atoms with van der Waals surface area (Å²) in [7, 11) is 0. The van der Waals surface area contributed by atoms with E-state index < -0.39 is 0 Å². The lowest BCUT2D eigenvalue weighted by Gasteiger charge is -2.27. The van der Waals surface area contributed by atoms with Gasteiger partial charge in [-0.3, -0.25) is 4.79 Å². The molecule has 126 valence electrons. The lowest BCUT2D eigenvalue weighted by Crippen LogP contribution is -2.39. The van der Waals surface area contributed by atoms with Gasteiger partial charge < -0.3 is 10.6 Å². The Morgan fingerprint density at radius 1 is 1.30 bits per heavy atom. The Morgan fingerprint density at radius 3 is 2.65 bits per heavy atom. The number of hydrogen-bond acceptors (Lipinski definition) is 2. The first-order valence-corrected chi connectivity index (χ1v) is 9.04. The fraction of sp³-hybridized carbons (Fsp3) is 0.611. The fourth-order valence-electron chi connectivity index (χ4n) is 3.65. The van der Waals surface area contributed by atoms with Gasteiger partial charge in [0.25, 0.3) is 0 Å². The Labute approximate surface area is 148 Å². The van der Waals surface area contributed by atoms with Crippen molar-refractivity contribution in [2.75, 3.05) is 19.6 Å². The molecule has 1 heterocycles. The average molecular weight is 355 g/mol. The van der Waals surface area contributed by atoms with Crippen LogP contribution in [0.2, 0.25) is 10.0 Å². The van der Waals surface area contributed by atoms with Crippen molar-refractivity contribution in [2.24, 2.45) is 11.3 Å². The summed E-state index contributed by atoms with van der Waals surface area (Å²) in [6.45, 7) is 6.91. The standard InChI is InChI=1S/C18H24Cl2N2O/c1-17(2,12-3-4-14(19)15(20)9-12)11-22-16(23)13-10-18(13)5-7-21-8-6-18/h3-4,9,13,21H,5-8,10-11H2,1-2H3,(H,22,23). The molecule has 1 saturated heterocycles. The largest absolute Gasteiger partial charge is 0.355 e. The highest BCUT2D eigenvalue weighted by atomic mass is 35.5. The Hall–Kier alpha value is -0.770. The Kier molecular flexibility index (Phi) is 4.65. The van der Waals surface area contributed by atoms with Crippen LogP contribution in [0.15, 0.2) is 18.2 Å². The quantitative estimate of drug-likeness (QED) is 0.863. The molecule has 1 aliphatic carbocycles. The van der Waals surface area contributed by atoms with E-state index in [1.165, 1.54) is 0 Å². The van der Waals surface area contributed by atoms with Crippen molar-refractivity contribution in [3.05, 3.63) is 33.8 Å². The minimum absolute atomic E-state index is 0.180. The molecule has 1 spiro atoms. The fourth-order valence-corrected chi connectivity index (χ4v) is 3.94. The summed E-state index contributed by atoms with van der Waals surface area (Å²) in [5, 5.41) is 7.64. The lowest BCUT2D eigenvalue weighted by molar-refractivity contribution is -0.123. The van der Waals surface area contributed by atoms with Crippen LogP contribution in [-0.2, 0) is 10.2 Å². The van der Waals surface area contributed by atoms with E-state index in [4.69, 9.17) is 23.2 Å². The SMILES string of the molecule is CC(C)(CNC(=O)C1CC12CCNCC2)c1ccc(Cl)c(Cl)c1. The minimum Gasteiger partial charge on any atom is -0.355 e. The third-order valence-electron chi connectivity index (χ3n) is 5.51. The van der Waals surface area contributed by atoms with Gasteiger partial charge in [0.2, 0.25) is 5.91 Å². The number of hydrogen-bond donors (Lipinski definition) is 2. The molecule has 1 aromatic rings. The van der Waals surface area contributed by atoms with Crippen LogP contribution < -0.4 is 10.6 Å².